The van der Waals surface area contributed by atoms with Gasteiger partial charge in [-0.15, -0.1) is 0 Å². The molecule has 2 aromatic carbocycles. The number of aromatic nitrogens is 3. The van der Waals surface area contributed by atoms with Gasteiger partial charge in [-0.1, -0.05) is 18.2 Å². The highest BCUT2D eigenvalue weighted by molar-refractivity contribution is 7.80. The lowest BCUT2D eigenvalue weighted by molar-refractivity contribution is 0.0977. The van der Waals surface area contributed by atoms with E-state index in [2.05, 4.69) is 20.7 Å². The van der Waals surface area contributed by atoms with E-state index in [0.29, 0.717) is 27.7 Å². The minimum Gasteiger partial charge on any atom is -0.315 e. The van der Waals surface area contributed by atoms with Crippen LogP contribution in [0.2, 0.25) is 0 Å². The summed E-state index contributed by atoms with van der Waals surface area (Å²) in [5, 5.41) is 11.4. The van der Waals surface area contributed by atoms with Gasteiger partial charge in [0.2, 0.25) is 0 Å². The number of aryl methyl sites for hydroxylation is 1. The van der Waals surface area contributed by atoms with Crippen molar-refractivity contribution in [3.05, 3.63) is 66.1 Å². The Kier molecular flexibility index (Phi) is 4.25. The number of benzene rings is 2. The van der Waals surface area contributed by atoms with Crippen LogP contribution in [-0.4, -0.2) is 25.8 Å². The first-order valence-electron chi connectivity index (χ1n) is 8.11. The summed E-state index contributed by atoms with van der Waals surface area (Å²) in [7, 11) is 1.75. The predicted octanol–water partition coefficient (Wildman–Crippen LogP) is 3.39. The number of carbonyl (C=O) groups is 1. The molecule has 134 valence electrons. The second-order valence-corrected chi connectivity index (χ2v) is 6.34. The van der Waals surface area contributed by atoms with Crippen LogP contribution in [0.3, 0.4) is 0 Å². The fourth-order valence-electron chi connectivity index (χ4n) is 2.92. The van der Waals surface area contributed by atoms with Crippen molar-refractivity contribution in [1.29, 1.82) is 0 Å². The van der Waals surface area contributed by atoms with Crippen molar-refractivity contribution >= 4 is 50.9 Å². The van der Waals surface area contributed by atoms with Crippen molar-refractivity contribution in [3.63, 3.8) is 0 Å². The highest BCUT2D eigenvalue weighted by Gasteiger charge is 2.15. The number of pyridine rings is 1. The molecule has 0 aliphatic carbocycles. The summed E-state index contributed by atoms with van der Waals surface area (Å²) >= 11 is 5.23. The van der Waals surface area contributed by atoms with Gasteiger partial charge < -0.3 is 5.32 Å². The number of nitrogens with one attached hydrogen (secondary N) is 2. The monoisotopic (exact) mass is 379 g/mol. The normalized spacial score (nSPS) is 10.9. The highest BCUT2D eigenvalue weighted by Crippen LogP contribution is 2.28. The molecule has 0 radical (unpaired) electrons. The molecule has 8 heteroatoms. The summed E-state index contributed by atoms with van der Waals surface area (Å²) in [6, 6.07) is 13.2. The Morgan fingerprint density at radius 2 is 1.93 bits per heavy atom. The molecule has 1 amide bonds. The van der Waals surface area contributed by atoms with E-state index in [1.165, 1.54) is 12.1 Å². The minimum atomic E-state index is -0.349. The average Bonchev–Trinajstić information content (AvgIpc) is 2.98. The van der Waals surface area contributed by atoms with Crippen molar-refractivity contribution in [1.82, 2.24) is 20.1 Å². The lowest BCUT2D eigenvalue weighted by atomic mass is 10.1. The van der Waals surface area contributed by atoms with Crippen molar-refractivity contribution in [2.75, 3.05) is 5.32 Å². The molecule has 0 atom stereocenters. The Bertz CT molecular complexity index is 1190. The topological polar surface area (TPSA) is 71.8 Å². The first kappa shape index (κ1) is 17.0. The lowest BCUT2D eigenvalue weighted by Gasteiger charge is -2.07. The summed E-state index contributed by atoms with van der Waals surface area (Å²) in [5.74, 6) is -0.235. The van der Waals surface area contributed by atoms with Gasteiger partial charge in [-0.25, -0.2) is 4.39 Å². The second kappa shape index (κ2) is 6.73. The van der Waals surface area contributed by atoms with Crippen LogP contribution in [0.25, 0.3) is 21.8 Å². The van der Waals surface area contributed by atoms with E-state index in [-0.39, 0.29) is 16.8 Å². The van der Waals surface area contributed by atoms with Crippen LogP contribution in [0.1, 0.15) is 10.4 Å². The lowest BCUT2D eigenvalue weighted by Crippen LogP contribution is -2.34. The summed E-state index contributed by atoms with van der Waals surface area (Å²) in [5.41, 5.74) is 1.88. The number of anilines is 1. The van der Waals surface area contributed by atoms with Gasteiger partial charge in [0.05, 0.1) is 16.4 Å². The zero-order valence-corrected chi connectivity index (χ0v) is 15.0. The third kappa shape index (κ3) is 3.22. The molecule has 0 saturated heterocycles. The van der Waals surface area contributed by atoms with E-state index >= 15 is 0 Å². The van der Waals surface area contributed by atoms with E-state index in [1.807, 2.05) is 6.07 Å². The number of hydrogen-bond donors (Lipinski definition) is 2. The minimum absolute atomic E-state index is 0.114. The molecule has 4 aromatic rings. The van der Waals surface area contributed by atoms with Gasteiger partial charge >= 0.3 is 0 Å². The number of hydrogen-bond acceptors (Lipinski definition) is 4. The second-order valence-electron chi connectivity index (χ2n) is 5.93. The maximum absolute atomic E-state index is 13.7. The zero-order chi connectivity index (χ0) is 19.0. The first-order chi connectivity index (χ1) is 13.0. The fraction of sp³-hybridized carbons (Fsp3) is 0.0526. The van der Waals surface area contributed by atoms with Crippen LogP contribution in [0.15, 0.2) is 54.7 Å². The Labute approximate surface area is 159 Å². The Balaban J connectivity index is 1.64. The van der Waals surface area contributed by atoms with Crippen molar-refractivity contribution in [2.24, 2.45) is 7.05 Å². The maximum atomic E-state index is 13.7. The van der Waals surface area contributed by atoms with Gasteiger partial charge in [-0.05, 0) is 42.5 Å². The number of fused-ring (bicyclic) bond motifs is 3. The van der Waals surface area contributed by atoms with E-state index < -0.39 is 0 Å². The van der Waals surface area contributed by atoms with Crippen LogP contribution in [0.4, 0.5) is 10.2 Å². The molecule has 0 bridgehead atoms. The third-order valence-corrected chi connectivity index (χ3v) is 4.33. The number of amides is 1. The van der Waals surface area contributed by atoms with Crippen LogP contribution in [0.5, 0.6) is 0 Å². The molecule has 2 heterocycles. The quantitative estimate of drug-likeness (QED) is 0.523. The molecule has 0 aliphatic rings. The Hall–Kier alpha value is -3.39. The first-order valence-corrected chi connectivity index (χ1v) is 8.52. The van der Waals surface area contributed by atoms with Crippen LogP contribution in [-0.2, 0) is 7.05 Å². The molecule has 27 heavy (non-hydrogen) atoms. The van der Waals surface area contributed by atoms with Gasteiger partial charge in [0.1, 0.15) is 5.82 Å². The molecule has 0 unspecified atom stereocenters. The maximum Gasteiger partial charge on any atom is 0.257 e. The van der Waals surface area contributed by atoms with Crippen LogP contribution < -0.4 is 10.6 Å². The van der Waals surface area contributed by atoms with Crippen molar-refractivity contribution in [3.8, 4) is 0 Å². The van der Waals surface area contributed by atoms with Gasteiger partial charge in [0.25, 0.3) is 5.91 Å². The molecule has 0 saturated carbocycles. The Morgan fingerprint density at radius 3 is 2.70 bits per heavy atom. The molecule has 0 fully saturated rings. The molecule has 4 rings (SSSR count). The predicted molar refractivity (Wildman–Crippen MR) is 106 cm³/mol. The van der Waals surface area contributed by atoms with Gasteiger partial charge in [0, 0.05) is 24.2 Å². The summed E-state index contributed by atoms with van der Waals surface area (Å²) < 4.78 is 15.3. The molecular weight excluding hydrogens is 365 g/mol. The summed E-state index contributed by atoms with van der Waals surface area (Å²) in [6.07, 6.45) is 1.65. The molecular formula is C19H14FN5OS. The van der Waals surface area contributed by atoms with Crippen LogP contribution in [0, 0.1) is 5.82 Å². The van der Waals surface area contributed by atoms with E-state index in [9.17, 15) is 9.18 Å². The van der Waals surface area contributed by atoms with Gasteiger partial charge in [0.15, 0.2) is 10.9 Å². The van der Waals surface area contributed by atoms with Crippen LogP contribution >= 0.6 is 12.2 Å². The Morgan fingerprint density at radius 1 is 1.15 bits per heavy atom. The molecule has 0 spiro atoms. The zero-order valence-electron chi connectivity index (χ0n) is 14.2. The number of rotatable bonds is 2. The molecule has 0 aliphatic heterocycles. The van der Waals surface area contributed by atoms with Crippen molar-refractivity contribution in [2.45, 2.75) is 0 Å². The summed E-state index contributed by atoms with van der Waals surface area (Å²) in [6.45, 7) is 0. The summed E-state index contributed by atoms with van der Waals surface area (Å²) in [4.78, 5) is 16.6. The number of nitrogens with zero attached hydrogens (tertiary/aromatic N) is 3. The third-order valence-electron chi connectivity index (χ3n) is 4.13. The van der Waals surface area contributed by atoms with Gasteiger partial charge in [-0.3, -0.25) is 19.8 Å². The van der Waals surface area contributed by atoms with E-state index in [0.717, 1.165) is 5.52 Å². The number of carbonyl (C=O) groups excluding carboxylic acids is 1. The SMILES string of the molecule is Cn1nc(NC(=S)NC(=O)c2ccccc2)c2cnc3ccc(F)cc3c21. The average molecular weight is 379 g/mol. The number of thiocarbonyl (C=S) groups is 1. The molecule has 2 N–H and O–H groups in total. The molecule has 2 aromatic heterocycles. The smallest absolute Gasteiger partial charge is 0.257 e. The standard InChI is InChI=1S/C19H14FN5OS/c1-25-16-13-9-12(20)7-8-15(13)21-10-14(16)17(24-25)22-19(27)23-18(26)11-5-3-2-4-6-11/h2-10H,1H3,(H2,22,23,24,26,27). The largest absolute Gasteiger partial charge is 0.315 e. The highest BCUT2D eigenvalue weighted by atomic mass is 32.1. The van der Waals surface area contributed by atoms with E-state index in [4.69, 9.17) is 12.2 Å². The molecule has 6 nitrogen and oxygen atoms in total. The fourth-order valence-corrected chi connectivity index (χ4v) is 3.11. The van der Waals surface area contributed by atoms with E-state index in [1.54, 1.807) is 48.3 Å². The van der Waals surface area contributed by atoms with Crippen molar-refractivity contribution < 1.29 is 9.18 Å². The number of halogens is 1. The van der Waals surface area contributed by atoms with Gasteiger partial charge in [-0.2, -0.15) is 5.10 Å².